The number of ether oxygens (including phenoxy) is 3. The van der Waals surface area contributed by atoms with E-state index >= 15 is 0 Å². The van der Waals surface area contributed by atoms with E-state index in [1.807, 2.05) is 4.90 Å². The van der Waals surface area contributed by atoms with Crippen molar-refractivity contribution in [3.8, 4) is 0 Å². The summed E-state index contributed by atoms with van der Waals surface area (Å²) in [7, 11) is 1.63. The SMILES string of the molecule is C=CCN(CCOCCOC)CC(=O)OCC. The molecule has 0 aliphatic carbocycles. The molecule has 0 atom stereocenters. The molecule has 100 valence electrons. The van der Waals surface area contributed by atoms with Crippen molar-refractivity contribution in [1.29, 1.82) is 0 Å². The maximum Gasteiger partial charge on any atom is 0.320 e. The smallest absolute Gasteiger partial charge is 0.320 e. The summed E-state index contributed by atoms with van der Waals surface area (Å²) in [5, 5.41) is 0. The Bertz CT molecular complexity index is 209. The van der Waals surface area contributed by atoms with Crippen LogP contribution in [0.25, 0.3) is 0 Å². The molecule has 0 radical (unpaired) electrons. The minimum absolute atomic E-state index is 0.216. The van der Waals surface area contributed by atoms with Gasteiger partial charge in [-0.1, -0.05) is 6.08 Å². The highest BCUT2D eigenvalue weighted by molar-refractivity contribution is 5.71. The van der Waals surface area contributed by atoms with Gasteiger partial charge in [-0.2, -0.15) is 0 Å². The van der Waals surface area contributed by atoms with Crippen molar-refractivity contribution in [1.82, 2.24) is 4.90 Å². The molecule has 0 unspecified atom stereocenters. The summed E-state index contributed by atoms with van der Waals surface area (Å²) in [6, 6.07) is 0. The van der Waals surface area contributed by atoms with Gasteiger partial charge >= 0.3 is 5.97 Å². The average Bonchev–Trinajstić information content (AvgIpc) is 2.29. The Balaban J connectivity index is 3.73. The van der Waals surface area contributed by atoms with Crippen molar-refractivity contribution in [3.05, 3.63) is 12.7 Å². The van der Waals surface area contributed by atoms with E-state index in [-0.39, 0.29) is 12.5 Å². The zero-order valence-electron chi connectivity index (χ0n) is 10.8. The summed E-state index contributed by atoms with van der Waals surface area (Å²) in [5.41, 5.74) is 0. The van der Waals surface area contributed by atoms with E-state index in [1.165, 1.54) is 0 Å². The standard InChI is InChI=1S/C12H23NO4/c1-4-6-13(11-12(14)17-5-2)7-8-16-10-9-15-3/h4H,1,5-11H2,2-3H3. The van der Waals surface area contributed by atoms with Gasteiger partial charge in [-0.3, -0.25) is 9.69 Å². The van der Waals surface area contributed by atoms with Gasteiger partial charge in [-0.15, -0.1) is 6.58 Å². The number of hydrogen-bond acceptors (Lipinski definition) is 5. The van der Waals surface area contributed by atoms with Gasteiger partial charge in [0.1, 0.15) is 0 Å². The minimum atomic E-state index is -0.216. The van der Waals surface area contributed by atoms with Gasteiger partial charge in [0.15, 0.2) is 0 Å². The molecule has 0 saturated carbocycles. The second-order valence-electron chi connectivity index (χ2n) is 3.43. The van der Waals surface area contributed by atoms with E-state index in [0.29, 0.717) is 39.5 Å². The van der Waals surface area contributed by atoms with Crippen LogP contribution < -0.4 is 0 Å². The zero-order valence-corrected chi connectivity index (χ0v) is 10.8. The molecule has 0 aliphatic rings. The van der Waals surface area contributed by atoms with E-state index in [9.17, 15) is 4.79 Å². The highest BCUT2D eigenvalue weighted by Gasteiger charge is 2.09. The van der Waals surface area contributed by atoms with Crippen LogP contribution in [0.15, 0.2) is 12.7 Å². The first kappa shape index (κ1) is 16.1. The van der Waals surface area contributed by atoms with Crippen LogP contribution in [0.1, 0.15) is 6.92 Å². The lowest BCUT2D eigenvalue weighted by atomic mass is 10.4. The third-order valence-electron chi connectivity index (χ3n) is 2.03. The van der Waals surface area contributed by atoms with Crippen molar-refractivity contribution in [2.45, 2.75) is 6.92 Å². The maximum absolute atomic E-state index is 11.3. The van der Waals surface area contributed by atoms with Crippen LogP contribution in [-0.4, -0.2) is 64.0 Å². The van der Waals surface area contributed by atoms with E-state index in [0.717, 1.165) is 0 Å². The predicted molar refractivity (Wildman–Crippen MR) is 66.0 cm³/mol. The second-order valence-corrected chi connectivity index (χ2v) is 3.43. The summed E-state index contributed by atoms with van der Waals surface area (Å²) < 4.78 is 15.1. The van der Waals surface area contributed by atoms with Gasteiger partial charge in [-0.05, 0) is 6.92 Å². The van der Waals surface area contributed by atoms with Gasteiger partial charge in [0, 0.05) is 20.2 Å². The summed E-state index contributed by atoms with van der Waals surface area (Å²) in [4.78, 5) is 13.2. The van der Waals surface area contributed by atoms with E-state index in [2.05, 4.69) is 6.58 Å². The van der Waals surface area contributed by atoms with Gasteiger partial charge in [0.25, 0.3) is 0 Å². The van der Waals surface area contributed by atoms with Crippen LogP contribution in [0.3, 0.4) is 0 Å². The first-order valence-electron chi connectivity index (χ1n) is 5.80. The molecule has 0 spiro atoms. The van der Waals surface area contributed by atoms with Gasteiger partial charge < -0.3 is 14.2 Å². The average molecular weight is 245 g/mol. The fourth-order valence-electron chi connectivity index (χ4n) is 1.24. The number of nitrogens with zero attached hydrogens (tertiary/aromatic N) is 1. The first-order chi connectivity index (χ1) is 8.24. The number of rotatable bonds is 11. The van der Waals surface area contributed by atoms with Gasteiger partial charge in [0.05, 0.1) is 33.0 Å². The molecule has 0 N–H and O–H groups in total. The van der Waals surface area contributed by atoms with Crippen molar-refractivity contribution in [3.63, 3.8) is 0 Å². The van der Waals surface area contributed by atoms with Crippen molar-refractivity contribution < 1.29 is 19.0 Å². The molecular formula is C12H23NO4. The highest BCUT2D eigenvalue weighted by Crippen LogP contribution is 1.92. The van der Waals surface area contributed by atoms with Crippen molar-refractivity contribution in [2.24, 2.45) is 0 Å². The summed E-state index contributed by atoms with van der Waals surface area (Å²) in [6.07, 6.45) is 1.76. The molecule has 0 aromatic heterocycles. The molecule has 0 rings (SSSR count). The Morgan fingerprint density at radius 3 is 2.71 bits per heavy atom. The molecule has 0 saturated heterocycles. The Kier molecular flexibility index (Phi) is 11.0. The summed E-state index contributed by atoms with van der Waals surface area (Å²) in [5.74, 6) is -0.216. The van der Waals surface area contributed by atoms with Crippen molar-refractivity contribution >= 4 is 5.97 Å². The zero-order chi connectivity index (χ0) is 12.9. The third kappa shape index (κ3) is 9.99. The number of carbonyl (C=O) groups excluding carboxylic acids is 1. The molecule has 5 nitrogen and oxygen atoms in total. The molecule has 5 heteroatoms. The fraction of sp³-hybridized carbons (Fsp3) is 0.750. The highest BCUT2D eigenvalue weighted by atomic mass is 16.5. The molecular weight excluding hydrogens is 222 g/mol. The number of methoxy groups -OCH3 is 1. The van der Waals surface area contributed by atoms with Crippen LogP contribution in [0, 0.1) is 0 Å². The Labute approximate surface area is 103 Å². The molecule has 0 bridgehead atoms. The summed E-state index contributed by atoms with van der Waals surface area (Å²) >= 11 is 0. The Morgan fingerprint density at radius 2 is 2.12 bits per heavy atom. The Hall–Kier alpha value is -0.910. The molecule has 0 aromatic rings. The molecule has 0 aliphatic heterocycles. The van der Waals surface area contributed by atoms with E-state index < -0.39 is 0 Å². The third-order valence-corrected chi connectivity index (χ3v) is 2.03. The largest absolute Gasteiger partial charge is 0.465 e. The first-order valence-corrected chi connectivity index (χ1v) is 5.80. The van der Waals surface area contributed by atoms with E-state index in [1.54, 1.807) is 20.1 Å². The van der Waals surface area contributed by atoms with Crippen LogP contribution >= 0.6 is 0 Å². The monoisotopic (exact) mass is 245 g/mol. The topological polar surface area (TPSA) is 48.0 Å². The Morgan fingerprint density at radius 1 is 1.35 bits per heavy atom. The van der Waals surface area contributed by atoms with Crippen LogP contribution in [-0.2, 0) is 19.0 Å². The number of hydrogen-bond donors (Lipinski definition) is 0. The lowest BCUT2D eigenvalue weighted by Crippen LogP contribution is -2.34. The molecule has 0 amide bonds. The van der Waals surface area contributed by atoms with Crippen LogP contribution in [0.2, 0.25) is 0 Å². The fourth-order valence-corrected chi connectivity index (χ4v) is 1.24. The van der Waals surface area contributed by atoms with Crippen molar-refractivity contribution in [2.75, 3.05) is 53.2 Å². The van der Waals surface area contributed by atoms with Crippen LogP contribution in [0.5, 0.6) is 0 Å². The molecule has 0 heterocycles. The number of esters is 1. The minimum Gasteiger partial charge on any atom is -0.465 e. The lowest BCUT2D eigenvalue weighted by molar-refractivity contribution is -0.144. The van der Waals surface area contributed by atoms with Gasteiger partial charge in [0.2, 0.25) is 0 Å². The summed E-state index contributed by atoms with van der Waals surface area (Å²) in [6.45, 7) is 9.17. The maximum atomic E-state index is 11.3. The van der Waals surface area contributed by atoms with Crippen LogP contribution in [0.4, 0.5) is 0 Å². The lowest BCUT2D eigenvalue weighted by Gasteiger charge is -2.19. The normalized spacial score (nSPS) is 10.5. The second kappa shape index (κ2) is 11.6. The molecule has 0 fully saturated rings. The van der Waals surface area contributed by atoms with E-state index in [4.69, 9.17) is 14.2 Å². The molecule has 17 heavy (non-hydrogen) atoms. The quantitative estimate of drug-likeness (QED) is 0.305. The predicted octanol–water partition coefficient (Wildman–Crippen LogP) is 0.700. The van der Waals surface area contributed by atoms with Gasteiger partial charge in [-0.25, -0.2) is 0 Å². The molecule has 0 aromatic carbocycles. The number of carbonyl (C=O) groups is 1.